The summed E-state index contributed by atoms with van der Waals surface area (Å²) in [6, 6.07) is 2.18. The highest BCUT2D eigenvalue weighted by Crippen LogP contribution is 2.35. The first-order valence-corrected chi connectivity index (χ1v) is 8.98. The molecule has 0 radical (unpaired) electrons. The third kappa shape index (κ3) is 3.52. The van der Waals surface area contributed by atoms with E-state index in [0.717, 1.165) is 25.6 Å². The van der Waals surface area contributed by atoms with Gasteiger partial charge in [0.1, 0.15) is 0 Å². The third-order valence-corrected chi connectivity index (χ3v) is 5.79. The molecule has 0 saturated carbocycles. The zero-order chi connectivity index (χ0) is 15.4. The van der Waals surface area contributed by atoms with Crippen LogP contribution >= 0.6 is 0 Å². The molecule has 0 aliphatic carbocycles. The zero-order valence-electron chi connectivity index (χ0n) is 14.1. The second-order valence-electron chi connectivity index (χ2n) is 7.24. The van der Waals surface area contributed by atoms with E-state index >= 15 is 0 Å². The van der Waals surface area contributed by atoms with Crippen molar-refractivity contribution in [2.75, 3.05) is 19.8 Å². The van der Waals surface area contributed by atoms with E-state index in [9.17, 15) is 0 Å². The Morgan fingerprint density at radius 2 is 2.18 bits per heavy atom. The molecule has 2 fully saturated rings. The molecule has 2 aliphatic heterocycles. The van der Waals surface area contributed by atoms with E-state index in [0.29, 0.717) is 11.5 Å². The smallest absolute Gasteiger partial charge is 0.0483 e. The van der Waals surface area contributed by atoms with E-state index in [1.165, 1.54) is 49.8 Å². The summed E-state index contributed by atoms with van der Waals surface area (Å²) in [6.07, 6.45) is 11.5. The lowest BCUT2D eigenvalue weighted by Gasteiger charge is -2.44. The summed E-state index contributed by atoms with van der Waals surface area (Å²) in [6.45, 7) is 7.65. The molecule has 3 nitrogen and oxygen atoms in total. The number of rotatable bonds is 4. The summed E-state index contributed by atoms with van der Waals surface area (Å²) in [5, 5.41) is 3.87. The molecule has 0 bridgehead atoms. The quantitative estimate of drug-likeness (QED) is 0.921. The Hall–Kier alpha value is -0.930. The van der Waals surface area contributed by atoms with Crippen LogP contribution in [0.25, 0.3) is 0 Å². The van der Waals surface area contributed by atoms with E-state index in [1.54, 1.807) is 0 Å². The molecule has 2 saturated heterocycles. The van der Waals surface area contributed by atoms with Gasteiger partial charge in [-0.15, -0.1) is 0 Å². The summed E-state index contributed by atoms with van der Waals surface area (Å²) in [7, 11) is 0. The Morgan fingerprint density at radius 3 is 2.86 bits per heavy atom. The van der Waals surface area contributed by atoms with Crippen LogP contribution in [-0.4, -0.2) is 30.3 Å². The van der Waals surface area contributed by atoms with E-state index in [-0.39, 0.29) is 0 Å². The van der Waals surface area contributed by atoms with Gasteiger partial charge in [0.15, 0.2) is 0 Å². The molecule has 3 heterocycles. The topological polar surface area (TPSA) is 34.1 Å². The van der Waals surface area contributed by atoms with Crippen molar-refractivity contribution in [3.05, 3.63) is 29.6 Å². The molecule has 1 aromatic heterocycles. The summed E-state index contributed by atoms with van der Waals surface area (Å²) in [5.41, 5.74) is 3.31. The van der Waals surface area contributed by atoms with Crippen molar-refractivity contribution in [3.63, 3.8) is 0 Å². The number of pyridine rings is 1. The molecule has 3 heteroatoms. The van der Waals surface area contributed by atoms with Gasteiger partial charge in [-0.05, 0) is 74.1 Å². The minimum absolute atomic E-state index is 0.390. The summed E-state index contributed by atoms with van der Waals surface area (Å²) in [5.74, 6) is 1.41. The molecule has 1 N–H and O–H groups in total. The Morgan fingerprint density at radius 1 is 1.36 bits per heavy atom. The van der Waals surface area contributed by atoms with Crippen LogP contribution in [0.5, 0.6) is 0 Å². The van der Waals surface area contributed by atoms with E-state index < -0.39 is 0 Å². The molecule has 0 aromatic carbocycles. The minimum Gasteiger partial charge on any atom is -0.381 e. The van der Waals surface area contributed by atoms with Crippen LogP contribution in [0, 0.1) is 5.92 Å². The molecule has 1 spiro atoms. The largest absolute Gasteiger partial charge is 0.381 e. The number of hydrogen-bond donors (Lipinski definition) is 1. The van der Waals surface area contributed by atoms with Crippen molar-refractivity contribution in [2.45, 2.75) is 63.8 Å². The first-order valence-electron chi connectivity index (χ1n) is 8.98. The Labute approximate surface area is 134 Å². The normalized spacial score (nSPS) is 26.0. The predicted molar refractivity (Wildman–Crippen MR) is 90.2 cm³/mol. The second-order valence-corrected chi connectivity index (χ2v) is 7.24. The Kier molecular flexibility index (Phi) is 5.14. The lowest BCUT2D eigenvalue weighted by Crippen LogP contribution is -2.54. The first-order chi connectivity index (χ1) is 10.7. The molecule has 2 atom stereocenters. The lowest BCUT2D eigenvalue weighted by molar-refractivity contribution is 0.0193. The van der Waals surface area contributed by atoms with Gasteiger partial charge in [-0.25, -0.2) is 0 Å². The van der Waals surface area contributed by atoms with Crippen LogP contribution < -0.4 is 5.32 Å². The fourth-order valence-electron chi connectivity index (χ4n) is 4.25. The maximum Gasteiger partial charge on any atom is 0.0483 e. The fourth-order valence-corrected chi connectivity index (χ4v) is 4.25. The number of nitrogens with one attached hydrogen (secondary N) is 1. The number of ether oxygens (including phenoxy) is 1. The van der Waals surface area contributed by atoms with Gasteiger partial charge in [-0.1, -0.05) is 13.8 Å². The highest BCUT2D eigenvalue weighted by molar-refractivity contribution is 5.26. The van der Waals surface area contributed by atoms with Crippen molar-refractivity contribution < 1.29 is 4.74 Å². The molecule has 3 rings (SSSR count). The SMILES string of the molecule is CCc1ccncc1C(C)CC1CCC2(CCOCC2)NC1. The van der Waals surface area contributed by atoms with Crippen LogP contribution in [0.3, 0.4) is 0 Å². The number of hydrogen-bond acceptors (Lipinski definition) is 3. The van der Waals surface area contributed by atoms with Gasteiger partial charge < -0.3 is 10.1 Å². The standard InChI is InChI=1S/C19H30N2O/c1-3-17-5-9-20-14-18(17)15(2)12-16-4-6-19(21-13-16)7-10-22-11-8-19/h5,9,14-16,21H,3-4,6-8,10-13H2,1-2H3. The minimum atomic E-state index is 0.390. The number of nitrogens with zero attached hydrogens (tertiary/aromatic N) is 1. The number of aryl methyl sites for hydroxylation is 1. The third-order valence-electron chi connectivity index (χ3n) is 5.79. The molecule has 122 valence electrons. The first kappa shape index (κ1) is 15.9. The van der Waals surface area contributed by atoms with Crippen molar-refractivity contribution in [1.29, 1.82) is 0 Å². The molecule has 2 unspecified atom stereocenters. The average molecular weight is 302 g/mol. The van der Waals surface area contributed by atoms with Gasteiger partial charge >= 0.3 is 0 Å². The molecule has 1 aromatic rings. The molecular formula is C19H30N2O. The maximum atomic E-state index is 5.52. The van der Waals surface area contributed by atoms with Gasteiger partial charge in [0.2, 0.25) is 0 Å². The van der Waals surface area contributed by atoms with Gasteiger partial charge in [0, 0.05) is 31.1 Å². The van der Waals surface area contributed by atoms with Crippen LogP contribution in [0.4, 0.5) is 0 Å². The monoisotopic (exact) mass is 302 g/mol. The predicted octanol–water partition coefficient (Wildman–Crippen LogP) is 3.69. The molecular weight excluding hydrogens is 272 g/mol. The summed E-state index contributed by atoms with van der Waals surface area (Å²) in [4.78, 5) is 4.35. The highest BCUT2D eigenvalue weighted by atomic mass is 16.5. The van der Waals surface area contributed by atoms with Crippen LogP contribution in [0.1, 0.15) is 63.0 Å². The fraction of sp³-hybridized carbons (Fsp3) is 0.737. The number of aromatic nitrogens is 1. The Balaban J connectivity index is 1.56. The van der Waals surface area contributed by atoms with E-state index in [4.69, 9.17) is 4.74 Å². The van der Waals surface area contributed by atoms with Crippen LogP contribution in [0.15, 0.2) is 18.5 Å². The average Bonchev–Trinajstić information content (AvgIpc) is 2.58. The maximum absolute atomic E-state index is 5.52. The van der Waals surface area contributed by atoms with Crippen molar-refractivity contribution in [2.24, 2.45) is 5.92 Å². The second kappa shape index (κ2) is 7.10. The van der Waals surface area contributed by atoms with E-state index in [1.807, 2.05) is 6.20 Å². The zero-order valence-corrected chi connectivity index (χ0v) is 14.1. The van der Waals surface area contributed by atoms with Crippen molar-refractivity contribution >= 4 is 0 Å². The van der Waals surface area contributed by atoms with Gasteiger partial charge in [0.25, 0.3) is 0 Å². The van der Waals surface area contributed by atoms with Crippen LogP contribution in [-0.2, 0) is 11.2 Å². The summed E-state index contributed by atoms with van der Waals surface area (Å²) < 4.78 is 5.52. The molecule has 22 heavy (non-hydrogen) atoms. The van der Waals surface area contributed by atoms with Crippen LogP contribution in [0.2, 0.25) is 0 Å². The van der Waals surface area contributed by atoms with Gasteiger partial charge in [-0.3, -0.25) is 4.98 Å². The van der Waals surface area contributed by atoms with Crippen molar-refractivity contribution in [1.82, 2.24) is 10.3 Å². The van der Waals surface area contributed by atoms with Gasteiger partial charge in [0.05, 0.1) is 0 Å². The molecule has 0 amide bonds. The number of piperidine rings is 1. The van der Waals surface area contributed by atoms with Crippen molar-refractivity contribution in [3.8, 4) is 0 Å². The van der Waals surface area contributed by atoms with Gasteiger partial charge in [-0.2, -0.15) is 0 Å². The molecule has 2 aliphatic rings. The lowest BCUT2D eigenvalue weighted by atomic mass is 9.76. The summed E-state index contributed by atoms with van der Waals surface area (Å²) >= 11 is 0. The Bertz CT molecular complexity index is 472. The highest BCUT2D eigenvalue weighted by Gasteiger charge is 2.36. The van der Waals surface area contributed by atoms with E-state index in [2.05, 4.69) is 36.4 Å².